The SMILES string of the molecule is CN(C)CCNc1nc2ccccc2c(=O)n1Cc1ccccc1. The molecule has 1 heterocycles. The minimum Gasteiger partial charge on any atom is -0.354 e. The summed E-state index contributed by atoms with van der Waals surface area (Å²) in [6.07, 6.45) is 0. The molecule has 5 nitrogen and oxygen atoms in total. The van der Waals surface area contributed by atoms with Gasteiger partial charge < -0.3 is 10.2 Å². The molecule has 3 rings (SSSR count). The van der Waals surface area contributed by atoms with E-state index in [9.17, 15) is 4.79 Å². The molecule has 1 aromatic heterocycles. The van der Waals surface area contributed by atoms with Gasteiger partial charge in [-0.15, -0.1) is 0 Å². The molecule has 0 amide bonds. The highest BCUT2D eigenvalue weighted by atomic mass is 16.1. The fourth-order valence-electron chi connectivity index (χ4n) is 2.61. The number of benzene rings is 2. The number of rotatable bonds is 6. The molecule has 5 heteroatoms. The van der Waals surface area contributed by atoms with Crippen molar-refractivity contribution in [3.63, 3.8) is 0 Å². The number of anilines is 1. The van der Waals surface area contributed by atoms with Crippen LogP contribution in [0.25, 0.3) is 10.9 Å². The molecule has 1 N–H and O–H groups in total. The lowest BCUT2D eigenvalue weighted by Crippen LogP contribution is -2.28. The Morgan fingerprint density at radius 2 is 1.75 bits per heavy atom. The molecule has 0 fully saturated rings. The van der Waals surface area contributed by atoms with Crippen LogP contribution in [-0.4, -0.2) is 41.6 Å². The Morgan fingerprint density at radius 3 is 2.50 bits per heavy atom. The van der Waals surface area contributed by atoms with Crippen molar-refractivity contribution in [3.8, 4) is 0 Å². The molecule has 0 aliphatic rings. The molecule has 2 aromatic carbocycles. The molecule has 0 bridgehead atoms. The first-order chi connectivity index (χ1) is 11.6. The molecule has 0 unspecified atom stereocenters. The predicted octanol–water partition coefficient (Wildman–Crippen LogP) is 2.42. The maximum atomic E-state index is 12.9. The van der Waals surface area contributed by atoms with Crippen molar-refractivity contribution < 1.29 is 0 Å². The molecule has 3 aromatic rings. The van der Waals surface area contributed by atoms with E-state index < -0.39 is 0 Å². The summed E-state index contributed by atoms with van der Waals surface area (Å²) in [6, 6.07) is 17.5. The normalized spacial score (nSPS) is 11.1. The maximum Gasteiger partial charge on any atom is 0.263 e. The first-order valence-electron chi connectivity index (χ1n) is 8.07. The van der Waals surface area contributed by atoms with Crippen molar-refractivity contribution in [3.05, 3.63) is 70.5 Å². The van der Waals surface area contributed by atoms with E-state index in [-0.39, 0.29) is 5.56 Å². The summed E-state index contributed by atoms with van der Waals surface area (Å²) in [7, 11) is 4.04. The quantitative estimate of drug-likeness (QED) is 0.757. The Kier molecular flexibility index (Phi) is 4.91. The maximum absolute atomic E-state index is 12.9. The van der Waals surface area contributed by atoms with E-state index in [2.05, 4.69) is 15.2 Å². The standard InChI is InChI=1S/C19H22N4O/c1-22(2)13-12-20-19-21-17-11-7-6-10-16(17)18(24)23(19)14-15-8-4-3-5-9-15/h3-11H,12-14H2,1-2H3,(H,20,21). The van der Waals surface area contributed by atoms with Crippen LogP contribution in [-0.2, 0) is 6.54 Å². The number of aromatic nitrogens is 2. The van der Waals surface area contributed by atoms with Gasteiger partial charge in [-0.25, -0.2) is 4.98 Å². The first kappa shape index (κ1) is 16.2. The Morgan fingerprint density at radius 1 is 1.04 bits per heavy atom. The Hall–Kier alpha value is -2.66. The molecule has 0 aliphatic heterocycles. The number of para-hydroxylation sites is 1. The van der Waals surface area contributed by atoms with Crippen molar-refractivity contribution in [2.75, 3.05) is 32.5 Å². The second-order valence-electron chi connectivity index (χ2n) is 6.06. The van der Waals surface area contributed by atoms with Crippen LogP contribution in [0.15, 0.2) is 59.4 Å². The lowest BCUT2D eigenvalue weighted by molar-refractivity contribution is 0.424. The summed E-state index contributed by atoms with van der Waals surface area (Å²) in [4.78, 5) is 19.7. The zero-order chi connectivity index (χ0) is 16.9. The van der Waals surface area contributed by atoms with E-state index in [4.69, 9.17) is 0 Å². The van der Waals surface area contributed by atoms with Crippen LogP contribution in [0.3, 0.4) is 0 Å². The number of nitrogens with one attached hydrogen (secondary N) is 1. The van der Waals surface area contributed by atoms with Crippen molar-refractivity contribution in [2.24, 2.45) is 0 Å². The zero-order valence-corrected chi connectivity index (χ0v) is 14.1. The number of hydrogen-bond acceptors (Lipinski definition) is 4. The summed E-state index contributed by atoms with van der Waals surface area (Å²) in [5.74, 6) is 0.615. The van der Waals surface area contributed by atoms with Gasteiger partial charge in [-0.05, 0) is 31.8 Å². The average Bonchev–Trinajstić information content (AvgIpc) is 2.59. The van der Waals surface area contributed by atoms with Gasteiger partial charge in [0.2, 0.25) is 5.95 Å². The van der Waals surface area contributed by atoms with Crippen LogP contribution in [0.2, 0.25) is 0 Å². The van der Waals surface area contributed by atoms with Gasteiger partial charge >= 0.3 is 0 Å². The summed E-state index contributed by atoms with van der Waals surface area (Å²) < 4.78 is 1.72. The van der Waals surface area contributed by atoms with E-state index in [0.29, 0.717) is 17.9 Å². The van der Waals surface area contributed by atoms with Gasteiger partial charge in [0.25, 0.3) is 5.56 Å². The van der Waals surface area contributed by atoms with Crippen LogP contribution in [0.5, 0.6) is 0 Å². The lowest BCUT2D eigenvalue weighted by atomic mass is 10.2. The Balaban J connectivity index is 2.02. The third-order valence-corrected chi connectivity index (χ3v) is 3.89. The molecular formula is C19H22N4O. The highest BCUT2D eigenvalue weighted by Gasteiger charge is 2.11. The summed E-state index contributed by atoms with van der Waals surface area (Å²) in [6.45, 7) is 2.10. The fourth-order valence-corrected chi connectivity index (χ4v) is 2.61. The van der Waals surface area contributed by atoms with Gasteiger partial charge in [-0.2, -0.15) is 0 Å². The average molecular weight is 322 g/mol. The van der Waals surface area contributed by atoms with Gasteiger partial charge in [0.05, 0.1) is 17.4 Å². The topological polar surface area (TPSA) is 50.2 Å². The van der Waals surface area contributed by atoms with Crippen LogP contribution in [0.1, 0.15) is 5.56 Å². The minimum absolute atomic E-state index is 0.0168. The summed E-state index contributed by atoms with van der Waals surface area (Å²) in [5.41, 5.74) is 1.78. The number of nitrogens with zero attached hydrogens (tertiary/aromatic N) is 3. The van der Waals surface area contributed by atoms with Gasteiger partial charge in [-0.3, -0.25) is 9.36 Å². The summed E-state index contributed by atoms with van der Waals surface area (Å²) >= 11 is 0. The van der Waals surface area contributed by atoms with Gasteiger partial charge in [-0.1, -0.05) is 42.5 Å². The monoisotopic (exact) mass is 322 g/mol. The van der Waals surface area contributed by atoms with Gasteiger partial charge in [0, 0.05) is 13.1 Å². The van der Waals surface area contributed by atoms with Gasteiger partial charge in [0.1, 0.15) is 0 Å². The number of fused-ring (bicyclic) bond motifs is 1. The zero-order valence-electron chi connectivity index (χ0n) is 14.1. The molecule has 124 valence electrons. The van der Waals surface area contributed by atoms with E-state index in [1.807, 2.05) is 68.7 Å². The summed E-state index contributed by atoms with van der Waals surface area (Å²) in [5, 5.41) is 3.95. The van der Waals surface area contributed by atoms with Crippen LogP contribution in [0.4, 0.5) is 5.95 Å². The van der Waals surface area contributed by atoms with E-state index in [1.54, 1.807) is 4.57 Å². The van der Waals surface area contributed by atoms with Crippen LogP contribution >= 0.6 is 0 Å². The van der Waals surface area contributed by atoms with Crippen molar-refractivity contribution in [2.45, 2.75) is 6.54 Å². The highest BCUT2D eigenvalue weighted by Crippen LogP contribution is 2.13. The molecular weight excluding hydrogens is 300 g/mol. The first-order valence-corrected chi connectivity index (χ1v) is 8.07. The molecule has 0 spiro atoms. The van der Waals surface area contributed by atoms with Crippen molar-refractivity contribution in [1.82, 2.24) is 14.5 Å². The smallest absolute Gasteiger partial charge is 0.263 e. The lowest BCUT2D eigenvalue weighted by Gasteiger charge is -2.16. The highest BCUT2D eigenvalue weighted by molar-refractivity contribution is 5.78. The number of likely N-dealkylation sites (N-methyl/N-ethyl adjacent to an activating group) is 1. The van der Waals surface area contributed by atoms with Crippen molar-refractivity contribution >= 4 is 16.9 Å². The molecule has 24 heavy (non-hydrogen) atoms. The molecule has 0 atom stereocenters. The molecule has 0 saturated heterocycles. The van der Waals surface area contributed by atoms with Gasteiger partial charge in [0.15, 0.2) is 0 Å². The minimum atomic E-state index is -0.0168. The van der Waals surface area contributed by atoms with Crippen LogP contribution < -0.4 is 10.9 Å². The van der Waals surface area contributed by atoms with E-state index in [1.165, 1.54) is 0 Å². The predicted molar refractivity (Wildman–Crippen MR) is 98.6 cm³/mol. The van der Waals surface area contributed by atoms with E-state index in [0.717, 1.165) is 24.2 Å². The number of hydrogen-bond donors (Lipinski definition) is 1. The Labute approximate surface area is 141 Å². The Bertz CT molecular complexity index is 871. The fraction of sp³-hybridized carbons (Fsp3) is 0.263. The molecule has 0 radical (unpaired) electrons. The second-order valence-corrected chi connectivity index (χ2v) is 6.06. The molecule has 0 aliphatic carbocycles. The third kappa shape index (κ3) is 3.63. The van der Waals surface area contributed by atoms with E-state index >= 15 is 0 Å². The molecule has 0 saturated carbocycles. The van der Waals surface area contributed by atoms with Crippen molar-refractivity contribution in [1.29, 1.82) is 0 Å². The third-order valence-electron chi connectivity index (χ3n) is 3.89. The second kappa shape index (κ2) is 7.27. The largest absolute Gasteiger partial charge is 0.354 e. The van der Waals surface area contributed by atoms with Crippen LogP contribution in [0, 0.1) is 0 Å².